The van der Waals surface area contributed by atoms with Crippen LogP contribution in [0.4, 0.5) is 0 Å². The summed E-state index contributed by atoms with van der Waals surface area (Å²) < 4.78 is 0. The van der Waals surface area contributed by atoms with E-state index in [4.69, 9.17) is 0 Å². The van der Waals surface area contributed by atoms with Crippen molar-refractivity contribution in [1.82, 2.24) is 0 Å². The fraction of sp³-hybridized carbons (Fsp3) is 1.00. The molecule has 1 unspecified atom stereocenters. The van der Waals surface area contributed by atoms with E-state index in [1.807, 2.05) is 0 Å². The zero-order chi connectivity index (χ0) is 11.3. The van der Waals surface area contributed by atoms with E-state index in [-0.39, 0.29) is 0 Å². The van der Waals surface area contributed by atoms with Crippen LogP contribution in [0.1, 0.15) is 61.3 Å². The first kappa shape index (κ1) is 14.0. The summed E-state index contributed by atoms with van der Waals surface area (Å²) in [5, 5.41) is 0. The standard InChI is InChI=1S/C14H30/c1-8-13(10(2)3)9-14(11(4)5)12(6)7/h10-14H,8-9H2,1-7H3. The van der Waals surface area contributed by atoms with E-state index in [9.17, 15) is 0 Å². The van der Waals surface area contributed by atoms with Gasteiger partial charge in [0, 0.05) is 0 Å². The summed E-state index contributed by atoms with van der Waals surface area (Å²) in [6, 6.07) is 0. The van der Waals surface area contributed by atoms with Crippen LogP contribution in [0.5, 0.6) is 0 Å². The van der Waals surface area contributed by atoms with E-state index in [0.29, 0.717) is 0 Å². The summed E-state index contributed by atoms with van der Waals surface area (Å²) in [5.74, 6) is 4.35. The molecule has 0 radical (unpaired) electrons. The molecule has 0 amide bonds. The Bertz CT molecular complexity index is 125. The monoisotopic (exact) mass is 198 g/mol. The Hall–Kier alpha value is 0. The van der Waals surface area contributed by atoms with Gasteiger partial charge < -0.3 is 0 Å². The second kappa shape index (κ2) is 6.48. The molecular weight excluding hydrogens is 168 g/mol. The molecule has 0 nitrogen and oxygen atoms in total. The molecule has 0 saturated carbocycles. The Morgan fingerprint density at radius 2 is 1.14 bits per heavy atom. The quantitative estimate of drug-likeness (QED) is 0.564. The molecule has 0 heteroatoms. The minimum absolute atomic E-state index is 0.836. The summed E-state index contributed by atoms with van der Waals surface area (Å²) in [5.41, 5.74) is 0. The van der Waals surface area contributed by atoms with Gasteiger partial charge in [-0.3, -0.25) is 0 Å². The number of hydrogen-bond acceptors (Lipinski definition) is 0. The van der Waals surface area contributed by atoms with Crippen LogP contribution in [0.15, 0.2) is 0 Å². The van der Waals surface area contributed by atoms with Gasteiger partial charge in [-0.05, 0) is 36.0 Å². The van der Waals surface area contributed by atoms with Gasteiger partial charge in [0.25, 0.3) is 0 Å². The van der Waals surface area contributed by atoms with E-state index in [2.05, 4.69) is 48.5 Å². The van der Waals surface area contributed by atoms with E-state index < -0.39 is 0 Å². The summed E-state index contributed by atoms with van der Waals surface area (Å²) in [6.45, 7) is 16.6. The topological polar surface area (TPSA) is 0 Å². The largest absolute Gasteiger partial charge is 0.0651 e. The van der Waals surface area contributed by atoms with E-state index >= 15 is 0 Å². The van der Waals surface area contributed by atoms with E-state index in [1.54, 1.807) is 0 Å². The van der Waals surface area contributed by atoms with Crippen molar-refractivity contribution < 1.29 is 0 Å². The molecule has 86 valence electrons. The van der Waals surface area contributed by atoms with Gasteiger partial charge in [0.15, 0.2) is 0 Å². The first-order chi connectivity index (χ1) is 6.40. The van der Waals surface area contributed by atoms with Gasteiger partial charge in [-0.1, -0.05) is 54.9 Å². The Morgan fingerprint density at radius 1 is 0.714 bits per heavy atom. The summed E-state index contributed by atoms with van der Waals surface area (Å²) in [7, 11) is 0. The maximum Gasteiger partial charge on any atom is -0.0365 e. The van der Waals surface area contributed by atoms with Crippen LogP contribution in [0.3, 0.4) is 0 Å². The van der Waals surface area contributed by atoms with E-state index in [1.165, 1.54) is 12.8 Å². The van der Waals surface area contributed by atoms with Gasteiger partial charge >= 0.3 is 0 Å². The fourth-order valence-corrected chi connectivity index (χ4v) is 2.57. The fourth-order valence-electron chi connectivity index (χ4n) is 2.57. The Kier molecular flexibility index (Phi) is 6.48. The van der Waals surface area contributed by atoms with Crippen molar-refractivity contribution in [3.8, 4) is 0 Å². The second-order valence-electron chi connectivity index (χ2n) is 5.80. The molecule has 1 atom stereocenters. The van der Waals surface area contributed by atoms with Crippen LogP contribution >= 0.6 is 0 Å². The van der Waals surface area contributed by atoms with Crippen molar-refractivity contribution >= 4 is 0 Å². The van der Waals surface area contributed by atoms with Crippen LogP contribution < -0.4 is 0 Å². The van der Waals surface area contributed by atoms with Gasteiger partial charge in [0.05, 0.1) is 0 Å². The van der Waals surface area contributed by atoms with Crippen molar-refractivity contribution in [2.24, 2.45) is 29.6 Å². The lowest BCUT2D eigenvalue weighted by Crippen LogP contribution is -2.21. The van der Waals surface area contributed by atoms with Gasteiger partial charge in [-0.15, -0.1) is 0 Å². The average Bonchev–Trinajstić information content (AvgIpc) is 2.03. The zero-order valence-corrected chi connectivity index (χ0v) is 11.3. The molecule has 0 saturated heterocycles. The minimum Gasteiger partial charge on any atom is -0.0651 e. The van der Waals surface area contributed by atoms with Crippen molar-refractivity contribution in [3.63, 3.8) is 0 Å². The highest BCUT2D eigenvalue weighted by molar-refractivity contribution is 4.72. The highest BCUT2D eigenvalue weighted by Gasteiger charge is 2.22. The third-order valence-electron chi connectivity index (χ3n) is 3.75. The van der Waals surface area contributed by atoms with Gasteiger partial charge in [0.1, 0.15) is 0 Å². The lowest BCUT2D eigenvalue weighted by atomic mass is 9.75. The zero-order valence-electron chi connectivity index (χ0n) is 11.3. The third-order valence-corrected chi connectivity index (χ3v) is 3.75. The number of rotatable bonds is 6. The molecule has 0 aromatic heterocycles. The third kappa shape index (κ3) is 4.48. The SMILES string of the molecule is CCC(CC(C(C)C)C(C)C)C(C)C. The van der Waals surface area contributed by atoms with Gasteiger partial charge in [0.2, 0.25) is 0 Å². The Morgan fingerprint density at radius 3 is 1.36 bits per heavy atom. The van der Waals surface area contributed by atoms with Crippen LogP contribution in [-0.2, 0) is 0 Å². The molecule has 0 rings (SSSR count). The molecular formula is C14H30. The molecule has 0 spiro atoms. The van der Waals surface area contributed by atoms with E-state index in [0.717, 1.165) is 29.6 Å². The first-order valence-electron chi connectivity index (χ1n) is 6.40. The average molecular weight is 198 g/mol. The van der Waals surface area contributed by atoms with Crippen molar-refractivity contribution in [2.75, 3.05) is 0 Å². The van der Waals surface area contributed by atoms with Crippen LogP contribution in [0, 0.1) is 29.6 Å². The van der Waals surface area contributed by atoms with Crippen molar-refractivity contribution in [3.05, 3.63) is 0 Å². The Labute approximate surface area is 91.5 Å². The molecule has 0 bridgehead atoms. The molecule has 0 aliphatic carbocycles. The molecule has 0 N–H and O–H groups in total. The summed E-state index contributed by atoms with van der Waals surface area (Å²) >= 11 is 0. The predicted molar refractivity (Wildman–Crippen MR) is 66.4 cm³/mol. The molecule has 0 aliphatic rings. The molecule has 0 aromatic carbocycles. The van der Waals surface area contributed by atoms with Crippen LogP contribution in [0.2, 0.25) is 0 Å². The lowest BCUT2D eigenvalue weighted by Gasteiger charge is -2.30. The predicted octanol–water partition coefficient (Wildman–Crippen LogP) is 4.99. The first-order valence-corrected chi connectivity index (χ1v) is 6.40. The minimum atomic E-state index is 0.836. The highest BCUT2D eigenvalue weighted by Crippen LogP contribution is 2.32. The highest BCUT2D eigenvalue weighted by atomic mass is 14.3. The smallest absolute Gasteiger partial charge is 0.0365 e. The van der Waals surface area contributed by atoms with Crippen LogP contribution in [0.25, 0.3) is 0 Å². The molecule has 0 fully saturated rings. The van der Waals surface area contributed by atoms with Crippen molar-refractivity contribution in [1.29, 1.82) is 0 Å². The molecule has 0 aromatic rings. The summed E-state index contributed by atoms with van der Waals surface area (Å²) in [4.78, 5) is 0. The van der Waals surface area contributed by atoms with Gasteiger partial charge in [-0.2, -0.15) is 0 Å². The lowest BCUT2D eigenvalue weighted by molar-refractivity contribution is 0.196. The van der Waals surface area contributed by atoms with Gasteiger partial charge in [-0.25, -0.2) is 0 Å². The maximum absolute atomic E-state index is 2.37. The second-order valence-corrected chi connectivity index (χ2v) is 5.80. The Balaban J connectivity index is 4.26. The summed E-state index contributed by atoms with van der Waals surface area (Å²) in [6.07, 6.45) is 2.76. The number of hydrogen-bond donors (Lipinski definition) is 0. The van der Waals surface area contributed by atoms with Crippen LogP contribution in [-0.4, -0.2) is 0 Å². The molecule has 14 heavy (non-hydrogen) atoms. The molecule has 0 aliphatic heterocycles. The normalized spacial score (nSPS) is 14.8. The van der Waals surface area contributed by atoms with Crippen molar-refractivity contribution in [2.45, 2.75) is 61.3 Å². The molecule has 0 heterocycles. The maximum atomic E-state index is 2.37.